The molecule has 1 N–H and O–H groups in total. The molecule has 0 aliphatic carbocycles. The number of benzene rings is 3. The van der Waals surface area contributed by atoms with Crippen LogP contribution < -0.4 is 0 Å². The molecule has 3 nitrogen and oxygen atoms in total. The summed E-state index contributed by atoms with van der Waals surface area (Å²) in [5.74, 6) is -0.564. The Morgan fingerprint density at radius 3 is 2.43 bits per heavy atom. The van der Waals surface area contributed by atoms with Gasteiger partial charge in [-0.2, -0.15) is 18.3 Å². The summed E-state index contributed by atoms with van der Waals surface area (Å²) in [5, 5.41) is 15.6. The van der Waals surface area contributed by atoms with Crippen LogP contribution in [0, 0.1) is 0 Å². The minimum Gasteiger partial charge on any atom is -0.376 e. The van der Waals surface area contributed by atoms with E-state index in [9.17, 15) is 18.3 Å². The molecule has 0 fully saturated rings. The van der Waals surface area contributed by atoms with E-state index in [1.807, 2.05) is 30.3 Å². The highest BCUT2D eigenvalue weighted by molar-refractivity contribution is 9.10. The number of rotatable bonds is 5. The van der Waals surface area contributed by atoms with Crippen molar-refractivity contribution in [3.63, 3.8) is 0 Å². The summed E-state index contributed by atoms with van der Waals surface area (Å²) in [6, 6.07) is 20.5. The molecule has 0 saturated carbocycles. The average Bonchev–Trinajstić information content (AvgIpc) is 3.15. The van der Waals surface area contributed by atoms with Gasteiger partial charge in [-0.15, -0.1) is 11.8 Å². The second kappa shape index (κ2) is 8.09. The maximum Gasteiger partial charge on any atom is 0.422 e. The second-order valence-corrected chi connectivity index (χ2v) is 8.73. The first-order chi connectivity index (χ1) is 14.3. The van der Waals surface area contributed by atoms with Gasteiger partial charge in [0, 0.05) is 20.5 Å². The third-order valence-corrected chi connectivity index (χ3v) is 6.40. The van der Waals surface area contributed by atoms with Crippen LogP contribution in [0.3, 0.4) is 0 Å². The minimum absolute atomic E-state index is 0.211. The molecule has 0 radical (unpaired) electrons. The molecule has 8 heteroatoms. The van der Waals surface area contributed by atoms with Gasteiger partial charge in [-0.05, 0) is 48.0 Å². The van der Waals surface area contributed by atoms with E-state index in [2.05, 4.69) is 21.0 Å². The van der Waals surface area contributed by atoms with Gasteiger partial charge in [-0.3, -0.25) is 0 Å². The van der Waals surface area contributed by atoms with E-state index >= 15 is 0 Å². The van der Waals surface area contributed by atoms with Crippen LogP contribution in [0.15, 0.2) is 88.4 Å². The zero-order valence-electron chi connectivity index (χ0n) is 15.5. The zero-order chi connectivity index (χ0) is 21.4. The molecule has 0 bridgehead atoms. The number of aliphatic hydroxyl groups is 1. The molecule has 0 amide bonds. The first-order valence-corrected chi connectivity index (χ1v) is 10.8. The molecule has 3 aromatic carbocycles. The van der Waals surface area contributed by atoms with E-state index in [0.717, 1.165) is 21.9 Å². The van der Waals surface area contributed by atoms with Gasteiger partial charge in [0.05, 0.1) is 17.4 Å². The lowest BCUT2D eigenvalue weighted by Gasteiger charge is -2.30. The molecule has 154 valence electrons. The highest BCUT2D eigenvalue weighted by Crippen LogP contribution is 2.43. The number of para-hydroxylation sites is 1. The molecular weight excluding hydrogens is 477 g/mol. The molecular formula is C22H16BrF3N2OS. The highest BCUT2D eigenvalue weighted by atomic mass is 79.9. The Hall–Kier alpha value is -2.29. The molecule has 0 saturated heterocycles. The van der Waals surface area contributed by atoms with Gasteiger partial charge in [0.25, 0.3) is 0 Å². The van der Waals surface area contributed by atoms with E-state index in [1.165, 1.54) is 18.3 Å². The standard InChI is InChI=1S/C22H16BrF3N2OS/c23-17-5-4-8-19(12-17)30-14-21(29,22(24,25)26)16-9-10-20-15(11-16)13-27-28(20)18-6-2-1-3-7-18/h1-13,29H,14H2. The molecule has 4 aromatic rings. The van der Waals surface area contributed by atoms with Crippen LogP contribution in [0.2, 0.25) is 0 Å². The second-order valence-electron chi connectivity index (χ2n) is 6.77. The van der Waals surface area contributed by atoms with Crippen molar-refractivity contribution >= 4 is 38.6 Å². The monoisotopic (exact) mass is 492 g/mol. The normalized spacial score (nSPS) is 14.0. The van der Waals surface area contributed by atoms with Crippen molar-refractivity contribution in [2.75, 3.05) is 5.75 Å². The summed E-state index contributed by atoms with van der Waals surface area (Å²) < 4.78 is 44.3. The van der Waals surface area contributed by atoms with E-state index in [0.29, 0.717) is 15.8 Å². The van der Waals surface area contributed by atoms with Crippen molar-refractivity contribution in [1.29, 1.82) is 0 Å². The van der Waals surface area contributed by atoms with Crippen molar-refractivity contribution < 1.29 is 18.3 Å². The lowest BCUT2D eigenvalue weighted by atomic mass is 9.94. The summed E-state index contributed by atoms with van der Waals surface area (Å²) in [4.78, 5) is 0.630. The van der Waals surface area contributed by atoms with Crippen LogP contribution in [-0.2, 0) is 5.60 Å². The average molecular weight is 493 g/mol. The summed E-state index contributed by atoms with van der Waals surface area (Å²) in [6.45, 7) is 0. The molecule has 0 aliphatic rings. The van der Waals surface area contributed by atoms with Crippen LogP contribution in [0.5, 0.6) is 0 Å². The van der Waals surface area contributed by atoms with Crippen molar-refractivity contribution in [2.45, 2.75) is 16.7 Å². The zero-order valence-corrected chi connectivity index (χ0v) is 17.9. The van der Waals surface area contributed by atoms with Crippen molar-refractivity contribution in [3.05, 3.63) is 89.0 Å². The Labute approximate surface area is 183 Å². The summed E-state index contributed by atoms with van der Waals surface area (Å²) in [5.41, 5.74) is -1.74. The fraction of sp³-hybridized carbons (Fsp3) is 0.136. The van der Waals surface area contributed by atoms with Gasteiger partial charge in [0.1, 0.15) is 0 Å². The van der Waals surface area contributed by atoms with Gasteiger partial charge in [0.15, 0.2) is 5.60 Å². The number of halogens is 4. The van der Waals surface area contributed by atoms with E-state index in [1.54, 1.807) is 35.0 Å². The van der Waals surface area contributed by atoms with Gasteiger partial charge in [-0.25, -0.2) is 4.68 Å². The Morgan fingerprint density at radius 1 is 0.967 bits per heavy atom. The Kier molecular flexibility index (Phi) is 5.65. The van der Waals surface area contributed by atoms with Crippen LogP contribution in [0.1, 0.15) is 5.56 Å². The topological polar surface area (TPSA) is 38.1 Å². The predicted molar refractivity (Wildman–Crippen MR) is 116 cm³/mol. The molecule has 1 heterocycles. The largest absolute Gasteiger partial charge is 0.422 e. The van der Waals surface area contributed by atoms with Crippen LogP contribution >= 0.6 is 27.7 Å². The molecule has 1 aromatic heterocycles. The Bertz CT molecular complexity index is 1180. The molecule has 0 spiro atoms. The number of hydrogen-bond donors (Lipinski definition) is 1. The Morgan fingerprint density at radius 2 is 1.73 bits per heavy atom. The molecule has 1 unspecified atom stereocenters. The lowest BCUT2D eigenvalue weighted by Crippen LogP contribution is -2.44. The van der Waals surface area contributed by atoms with E-state index < -0.39 is 17.5 Å². The maximum atomic E-state index is 13.9. The first kappa shape index (κ1) is 21.0. The first-order valence-electron chi connectivity index (χ1n) is 8.99. The molecule has 1 atom stereocenters. The number of aromatic nitrogens is 2. The maximum absolute atomic E-state index is 13.9. The summed E-state index contributed by atoms with van der Waals surface area (Å²) in [6.07, 6.45) is -3.33. The van der Waals surface area contributed by atoms with Crippen LogP contribution in [0.25, 0.3) is 16.6 Å². The van der Waals surface area contributed by atoms with Gasteiger partial charge >= 0.3 is 6.18 Å². The highest BCUT2D eigenvalue weighted by Gasteiger charge is 2.55. The smallest absolute Gasteiger partial charge is 0.376 e. The fourth-order valence-electron chi connectivity index (χ4n) is 3.14. The molecule has 30 heavy (non-hydrogen) atoms. The van der Waals surface area contributed by atoms with Crippen molar-refractivity contribution in [2.24, 2.45) is 0 Å². The quantitative estimate of drug-likeness (QED) is 0.330. The van der Waals surface area contributed by atoms with Crippen molar-refractivity contribution in [1.82, 2.24) is 9.78 Å². The lowest BCUT2D eigenvalue weighted by molar-refractivity contribution is -0.256. The number of thioether (sulfide) groups is 1. The van der Waals surface area contributed by atoms with Gasteiger partial charge in [-0.1, -0.05) is 46.3 Å². The SMILES string of the molecule is OC(CSc1cccc(Br)c1)(c1ccc2c(cnn2-c2ccccc2)c1)C(F)(F)F. The summed E-state index contributed by atoms with van der Waals surface area (Å²) >= 11 is 4.26. The van der Waals surface area contributed by atoms with Crippen LogP contribution in [0.4, 0.5) is 13.2 Å². The van der Waals surface area contributed by atoms with E-state index in [-0.39, 0.29) is 5.56 Å². The Balaban J connectivity index is 1.70. The van der Waals surface area contributed by atoms with Gasteiger partial charge < -0.3 is 5.11 Å². The number of alkyl halides is 3. The molecule has 4 rings (SSSR count). The number of nitrogens with zero attached hydrogens (tertiary/aromatic N) is 2. The third-order valence-electron chi connectivity index (χ3n) is 4.76. The number of hydrogen-bond acceptors (Lipinski definition) is 3. The molecule has 0 aliphatic heterocycles. The van der Waals surface area contributed by atoms with Gasteiger partial charge in [0.2, 0.25) is 0 Å². The minimum atomic E-state index is -4.84. The van der Waals surface area contributed by atoms with E-state index in [4.69, 9.17) is 0 Å². The fourth-order valence-corrected chi connectivity index (χ4v) is 4.78. The predicted octanol–water partition coefficient (Wildman–Crippen LogP) is 6.33. The van der Waals surface area contributed by atoms with Crippen LogP contribution in [-0.4, -0.2) is 26.8 Å². The summed E-state index contributed by atoms with van der Waals surface area (Å²) in [7, 11) is 0. The van der Waals surface area contributed by atoms with Crippen molar-refractivity contribution in [3.8, 4) is 5.69 Å². The third kappa shape index (κ3) is 3.99. The number of fused-ring (bicyclic) bond motifs is 1.